The van der Waals surface area contributed by atoms with Gasteiger partial charge < -0.3 is 15.0 Å². The zero-order valence-electron chi connectivity index (χ0n) is 18.4. The van der Waals surface area contributed by atoms with Crippen molar-refractivity contribution in [1.29, 1.82) is 0 Å². The quantitative estimate of drug-likeness (QED) is 0.777. The molecule has 2 aliphatic rings. The maximum atomic E-state index is 12.8. The van der Waals surface area contributed by atoms with Gasteiger partial charge in [0.15, 0.2) is 5.13 Å². The second-order valence-electron chi connectivity index (χ2n) is 9.24. The molecule has 7 nitrogen and oxygen atoms in total. The minimum atomic E-state index is -0.536. The molecule has 1 aromatic carbocycles. The minimum Gasteiger partial charge on any atom is -0.444 e. The lowest BCUT2D eigenvalue weighted by Crippen LogP contribution is -2.36. The van der Waals surface area contributed by atoms with Crippen molar-refractivity contribution in [2.24, 2.45) is 5.92 Å². The predicted octanol–water partition coefficient (Wildman–Crippen LogP) is 3.90. The van der Waals surface area contributed by atoms with Crippen LogP contribution in [0.4, 0.5) is 9.93 Å². The Morgan fingerprint density at radius 3 is 2.74 bits per heavy atom. The van der Waals surface area contributed by atoms with Crippen molar-refractivity contribution in [2.75, 3.05) is 25.0 Å². The van der Waals surface area contributed by atoms with Gasteiger partial charge in [0.1, 0.15) is 5.60 Å². The number of anilines is 1. The van der Waals surface area contributed by atoms with Gasteiger partial charge in [-0.2, -0.15) is 0 Å². The number of nitrogens with one attached hydrogen (secondary N) is 1. The molecule has 1 atom stereocenters. The van der Waals surface area contributed by atoms with Crippen LogP contribution in [0.3, 0.4) is 0 Å². The molecule has 3 heterocycles. The molecular formula is C23H30N4O3S. The summed E-state index contributed by atoms with van der Waals surface area (Å²) in [5.41, 5.74) is 1.82. The van der Waals surface area contributed by atoms with Crippen LogP contribution in [0.15, 0.2) is 30.3 Å². The van der Waals surface area contributed by atoms with Gasteiger partial charge >= 0.3 is 6.09 Å². The first-order chi connectivity index (χ1) is 14.8. The molecule has 1 aromatic heterocycles. The number of carbonyl (C=O) groups is 2. The summed E-state index contributed by atoms with van der Waals surface area (Å²) in [5, 5.41) is 3.64. The molecule has 2 aromatic rings. The highest BCUT2D eigenvalue weighted by atomic mass is 32.1. The number of amides is 2. The molecule has 0 aliphatic carbocycles. The summed E-state index contributed by atoms with van der Waals surface area (Å²) in [7, 11) is 0. The number of benzene rings is 1. The van der Waals surface area contributed by atoms with Crippen molar-refractivity contribution in [3.63, 3.8) is 0 Å². The van der Waals surface area contributed by atoms with E-state index in [1.807, 2.05) is 26.8 Å². The van der Waals surface area contributed by atoms with E-state index in [9.17, 15) is 9.59 Å². The normalized spacial score (nSPS) is 19.2. The van der Waals surface area contributed by atoms with Crippen LogP contribution >= 0.6 is 11.3 Å². The summed E-state index contributed by atoms with van der Waals surface area (Å²) in [6, 6.07) is 10.4. The van der Waals surface area contributed by atoms with Gasteiger partial charge in [-0.25, -0.2) is 9.78 Å². The number of rotatable bonds is 4. The van der Waals surface area contributed by atoms with Crippen LogP contribution in [-0.2, 0) is 29.0 Å². The average Bonchev–Trinajstić information content (AvgIpc) is 3.34. The Morgan fingerprint density at radius 2 is 2.00 bits per heavy atom. The molecule has 1 fully saturated rings. The molecular weight excluding hydrogens is 412 g/mol. The second-order valence-corrected chi connectivity index (χ2v) is 10.3. The molecule has 4 rings (SSSR count). The van der Waals surface area contributed by atoms with Crippen molar-refractivity contribution in [1.82, 2.24) is 14.8 Å². The zero-order valence-corrected chi connectivity index (χ0v) is 19.2. The molecule has 0 unspecified atom stereocenters. The lowest BCUT2D eigenvalue weighted by atomic mass is 10.1. The fourth-order valence-corrected chi connectivity index (χ4v) is 4.92. The SMILES string of the molecule is CC(C)(C)OC(=O)N1CC[C@H](C(=O)Nc2nc3c(s2)CCN(Cc2ccccc2)C3)C1. The van der Waals surface area contributed by atoms with E-state index in [1.165, 1.54) is 10.4 Å². The third-order valence-electron chi connectivity index (χ3n) is 5.50. The Labute approximate surface area is 187 Å². The number of likely N-dealkylation sites (tertiary alicyclic amines) is 1. The molecule has 1 N–H and O–H groups in total. The molecule has 0 radical (unpaired) electrons. The lowest BCUT2D eigenvalue weighted by Gasteiger charge is -2.25. The first-order valence-electron chi connectivity index (χ1n) is 10.8. The first-order valence-corrected chi connectivity index (χ1v) is 11.6. The van der Waals surface area contributed by atoms with E-state index in [-0.39, 0.29) is 17.9 Å². The van der Waals surface area contributed by atoms with Crippen LogP contribution in [0.5, 0.6) is 0 Å². The van der Waals surface area contributed by atoms with E-state index in [4.69, 9.17) is 9.72 Å². The number of thiazole rings is 1. The predicted molar refractivity (Wildman–Crippen MR) is 121 cm³/mol. The van der Waals surface area contributed by atoms with Crippen LogP contribution in [0.25, 0.3) is 0 Å². The Balaban J connectivity index is 1.31. The number of aromatic nitrogens is 1. The van der Waals surface area contributed by atoms with Gasteiger partial charge in [0.2, 0.25) is 5.91 Å². The van der Waals surface area contributed by atoms with Crippen molar-refractivity contribution >= 4 is 28.5 Å². The maximum absolute atomic E-state index is 12.8. The van der Waals surface area contributed by atoms with Crippen LogP contribution in [0.1, 0.15) is 43.3 Å². The molecule has 166 valence electrons. The summed E-state index contributed by atoms with van der Waals surface area (Å²) in [6.07, 6.45) is 1.23. The monoisotopic (exact) mass is 442 g/mol. The van der Waals surface area contributed by atoms with Gasteiger partial charge in [0.25, 0.3) is 0 Å². The number of carbonyl (C=O) groups excluding carboxylic acids is 2. The van der Waals surface area contributed by atoms with Gasteiger partial charge in [-0.1, -0.05) is 30.3 Å². The Morgan fingerprint density at radius 1 is 1.23 bits per heavy atom. The van der Waals surface area contributed by atoms with Crippen molar-refractivity contribution in [3.05, 3.63) is 46.5 Å². The standard InChI is InChI=1S/C23H30N4O3S/c1-23(2,3)30-22(29)27-12-9-17(14-27)20(28)25-21-24-18-15-26(11-10-19(18)31-21)13-16-7-5-4-6-8-16/h4-8,17H,9-15H2,1-3H3,(H,24,25,28)/t17-/m0/s1. The Bertz CT molecular complexity index is 938. The van der Waals surface area contributed by atoms with E-state index in [2.05, 4.69) is 34.5 Å². The third-order valence-corrected chi connectivity index (χ3v) is 6.57. The molecule has 0 spiro atoms. The lowest BCUT2D eigenvalue weighted by molar-refractivity contribution is -0.119. The van der Waals surface area contributed by atoms with Crippen molar-refractivity contribution in [3.8, 4) is 0 Å². The van der Waals surface area contributed by atoms with E-state index < -0.39 is 5.60 Å². The van der Waals surface area contributed by atoms with Crippen LogP contribution < -0.4 is 5.32 Å². The fraction of sp³-hybridized carbons (Fsp3) is 0.522. The van der Waals surface area contributed by atoms with E-state index in [0.29, 0.717) is 24.6 Å². The summed E-state index contributed by atoms with van der Waals surface area (Å²) in [5.74, 6) is -0.304. The van der Waals surface area contributed by atoms with Crippen molar-refractivity contribution < 1.29 is 14.3 Å². The smallest absolute Gasteiger partial charge is 0.410 e. The molecule has 1 saturated heterocycles. The summed E-state index contributed by atoms with van der Waals surface area (Å²) in [4.78, 5) is 34.9. The van der Waals surface area contributed by atoms with Gasteiger partial charge in [-0.3, -0.25) is 9.69 Å². The number of nitrogens with zero attached hydrogens (tertiary/aromatic N) is 3. The summed E-state index contributed by atoms with van der Waals surface area (Å²) >= 11 is 1.57. The topological polar surface area (TPSA) is 74.8 Å². The van der Waals surface area contributed by atoms with Gasteiger partial charge in [0.05, 0.1) is 11.6 Å². The Hall–Kier alpha value is -2.45. The first kappa shape index (κ1) is 21.8. The molecule has 0 bridgehead atoms. The number of ether oxygens (including phenoxy) is 1. The van der Waals surface area contributed by atoms with E-state index in [0.717, 1.165) is 31.7 Å². The number of fused-ring (bicyclic) bond motifs is 1. The van der Waals surface area contributed by atoms with Crippen LogP contribution in [0.2, 0.25) is 0 Å². The summed E-state index contributed by atoms with van der Waals surface area (Å²) in [6.45, 7) is 9.15. The van der Waals surface area contributed by atoms with Crippen LogP contribution in [0, 0.1) is 5.92 Å². The summed E-state index contributed by atoms with van der Waals surface area (Å²) < 4.78 is 5.42. The molecule has 31 heavy (non-hydrogen) atoms. The molecule has 2 aliphatic heterocycles. The van der Waals surface area contributed by atoms with Gasteiger partial charge in [0, 0.05) is 37.6 Å². The number of hydrogen-bond acceptors (Lipinski definition) is 6. The highest BCUT2D eigenvalue weighted by Gasteiger charge is 2.34. The van der Waals surface area contributed by atoms with Crippen molar-refractivity contribution in [2.45, 2.75) is 52.3 Å². The molecule has 8 heteroatoms. The zero-order chi connectivity index (χ0) is 22.0. The van der Waals surface area contributed by atoms with Gasteiger partial charge in [-0.05, 0) is 39.2 Å². The van der Waals surface area contributed by atoms with Crippen LogP contribution in [-0.4, -0.2) is 52.0 Å². The average molecular weight is 443 g/mol. The van der Waals surface area contributed by atoms with E-state index in [1.54, 1.807) is 16.2 Å². The molecule has 2 amide bonds. The minimum absolute atomic E-state index is 0.0710. The van der Waals surface area contributed by atoms with E-state index >= 15 is 0 Å². The van der Waals surface area contributed by atoms with Gasteiger partial charge in [-0.15, -0.1) is 11.3 Å². The number of hydrogen-bond donors (Lipinski definition) is 1. The highest BCUT2D eigenvalue weighted by molar-refractivity contribution is 7.15. The molecule has 0 saturated carbocycles. The maximum Gasteiger partial charge on any atom is 0.410 e. The third kappa shape index (κ3) is 5.62. The highest BCUT2D eigenvalue weighted by Crippen LogP contribution is 2.30. The largest absolute Gasteiger partial charge is 0.444 e. The second kappa shape index (κ2) is 8.96. The Kier molecular flexibility index (Phi) is 6.29. The fourth-order valence-electron chi connectivity index (χ4n) is 3.96.